The molecule has 2 aromatic carbocycles. The number of fused-ring (bicyclic) bond motifs is 1. The van der Waals surface area contributed by atoms with Crippen molar-refractivity contribution in [2.45, 2.75) is 58.0 Å². The summed E-state index contributed by atoms with van der Waals surface area (Å²) in [6, 6.07) is 13.5. The lowest BCUT2D eigenvalue weighted by Gasteiger charge is -2.45. The minimum Gasteiger partial charge on any atom is -0.294 e. The van der Waals surface area contributed by atoms with Crippen molar-refractivity contribution in [1.29, 1.82) is 0 Å². The summed E-state index contributed by atoms with van der Waals surface area (Å²) in [4.78, 5) is 32.3. The highest BCUT2D eigenvalue weighted by Crippen LogP contribution is 2.52. The normalized spacial score (nSPS) is 16.8. The monoisotopic (exact) mass is 477 g/mol. The minimum absolute atomic E-state index is 0.00548. The molecule has 1 spiro atoms. The molecular weight excluding hydrogens is 451 g/mol. The summed E-state index contributed by atoms with van der Waals surface area (Å²) >= 11 is 0. The van der Waals surface area contributed by atoms with E-state index in [2.05, 4.69) is 0 Å². The highest BCUT2D eigenvalue weighted by atomic mass is 19.4. The largest absolute Gasteiger partial charge is 0.416 e. The second-order valence-electron chi connectivity index (χ2n) is 10.1. The van der Waals surface area contributed by atoms with Crippen molar-refractivity contribution in [1.82, 2.24) is 4.98 Å². The van der Waals surface area contributed by atoms with E-state index in [4.69, 9.17) is 4.98 Å². The quantitative estimate of drug-likeness (QED) is 0.367. The Morgan fingerprint density at radius 1 is 0.943 bits per heavy atom. The fourth-order valence-corrected chi connectivity index (χ4v) is 5.46. The van der Waals surface area contributed by atoms with E-state index in [9.17, 15) is 22.8 Å². The van der Waals surface area contributed by atoms with Crippen molar-refractivity contribution in [2.24, 2.45) is 5.41 Å². The Kier molecular flexibility index (Phi) is 5.65. The Labute approximate surface area is 202 Å². The van der Waals surface area contributed by atoms with Crippen LogP contribution in [0.25, 0.3) is 11.1 Å². The van der Waals surface area contributed by atoms with E-state index in [1.807, 2.05) is 44.2 Å². The van der Waals surface area contributed by atoms with Crippen LogP contribution in [-0.2, 0) is 12.6 Å². The Morgan fingerprint density at radius 3 is 2.14 bits per heavy atom. The Morgan fingerprint density at radius 2 is 1.60 bits per heavy atom. The maximum Gasteiger partial charge on any atom is 0.416 e. The van der Waals surface area contributed by atoms with Gasteiger partial charge in [0.1, 0.15) is 0 Å². The number of hydrogen-bond donors (Lipinski definition) is 0. The highest BCUT2D eigenvalue weighted by molar-refractivity contribution is 6.17. The van der Waals surface area contributed by atoms with Gasteiger partial charge in [-0.2, -0.15) is 13.2 Å². The van der Waals surface area contributed by atoms with Crippen LogP contribution in [0.2, 0.25) is 0 Å². The molecule has 0 N–H and O–H groups in total. The van der Waals surface area contributed by atoms with Crippen LogP contribution in [-0.4, -0.2) is 16.6 Å². The van der Waals surface area contributed by atoms with E-state index in [1.54, 1.807) is 0 Å². The number of ketones is 2. The zero-order valence-corrected chi connectivity index (χ0v) is 19.7. The molecule has 180 valence electrons. The van der Waals surface area contributed by atoms with E-state index in [1.165, 1.54) is 12.1 Å². The highest BCUT2D eigenvalue weighted by Gasteiger charge is 2.45. The molecule has 0 saturated heterocycles. The molecule has 2 aliphatic carbocycles. The molecule has 35 heavy (non-hydrogen) atoms. The predicted octanol–water partition coefficient (Wildman–Crippen LogP) is 7.42. The van der Waals surface area contributed by atoms with Gasteiger partial charge in [0.25, 0.3) is 0 Å². The summed E-state index contributed by atoms with van der Waals surface area (Å²) in [5.41, 5.74) is 2.71. The van der Waals surface area contributed by atoms with Crippen molar-refractivity contribution in [3.63, 3.8) is 0 Å². The van der Waals surface area contributed by atoms with Crippen LogP contribution in [0.3, 0.4) is 0 Å². The molecule has 0 aliphatic heterocycles. The van der Waals surface area contributed by atoms with Gasteiger partial charge in [-0.25, -0.2) is 0 Å². The van der Waals surface area contributed by atoms with Crippen molar-refractivity contribution in [2.75, 3.05) is 0 Å². The Balaban J connectivity index is 1.74. The first-order valence-electron chi connectivity index (χ1n) is 12.0. The summed E-state index contributed by atoms with van der Waals surface area (Å²) in [5, 5.41) is 0. The van der Waals surface area contributed by atoms with Gasteiger partial charge in [-0.1, -0.05) is 62.7 Å². The van der Waals surface area contributed by atoms with Crippen LogP contribution in [0, 0.1) is 5.41 Å². The van der Waals surface area contributed by atoms with Crippen LogP contribution >= 0.6 is 0 Å². The first kappa shape index (κ1) is 23.5. The molecule has 6 heteroatoms. The van der Waals surface area contributed by atoms with Gasteiger partial charge in [-0.3, -0.25) is 14.6 Å². The topological polar surface area (TPSA) is 47.0 Å². The number of aromatic nitrogens is 1. The first-order chi connectivity index (χ1) is 16.6. The number of benzene rings is 2. The molecule has 0 unspecified atom stereocenters. The molecule has 0 bridgehead atoms. The lowest BCUT2D eigenvalue weighted by Crippen LogP contribution is -2.39. The summed E-state index contributed by atoms with van der Waals surface area (Å²) in [6.45, 7) is 3.88. The molecule has 3 nitrogen and oxygen atoms in total. The van der Waals surface area contributed by atoms with Crippen LogP contribution in [0.15, 0.2) is 54.6 Å². The molecule has 2 aliphatic rings. The van der Waals surface area contributed by atoms with Crippen LogP contribution in [0.4, 0.5) is 13.2 Å². The predicted molar refractivity (Wildman–Crippen MR) is 128 cm³/mol. The number of rotatable bonds is 4. The van der Waals surface area contributed by atoms with Gasteiger partial charge in [0.15, 0.2) is 11.6 Å². The molecule has 1 fully saturated rings. The van der Waals surface area contributed by atoms with Gasteiger partial charge in [-0.05, 0) is 48.3 Å². The molecular formula is C29H26F3NO2. The van der Waals surface area contributed by atoms with E-state index < -0.39 is 17.5 Å². The zero-order valence-electron chi connectivity index (χ0n) is 19.7. The number of hydrogen-bond acceptors (Lipinski definition) is 3. The van der Waals surface area contributed by atoms with Crippen LogP contribution in [0.5, 0.6) is 0 Å². The molecule has 0 radical (unpaired) electrons. The van der Waals surface area contributed by atoms with Gasteiger partial charge in [0, 0.05) is 23.1 Å². The third kappa shape index (κ3) is 4.09. The SMILES string of the molecule is CC(C)c1nc2c(c(-c3ccccc3)c1C(=O)c1ccc(C(F)(F)F)cc1)C(=O)CC1(CCC1)C2. The molecule has 1 heterocycles. The van der Waals surface area contributed by atoms with Crippen molar-refractivity contribution >= 4 is 11.6 Å². The first-order valence-corrected chi connectivity index (χ1v) is 12.0. The van der Waals surface area contributed by atoms with Crippen molar-refractivity contribution < 1.29 is 22.8 Å². The second kappa shape index (κ2) is 8.43. The second-order valence-corrected chi connectivity index (χ2v) is 10.1. The van der Waals surface area contributed by atoms with E-state index >= 15 is 0 Å². The molecule has 0 amide bonds. The number of nitrogens with zero attached hydrogens (tertiary/aromatic N) is 1. The fourth-order valence-electron chi connectivity index (χ4n) is 5.46. The summed E-state index contributed by atoms with van der Waals surface area (Å²) < 4.78 is 39.3. The number of carbonyl (C=O) groups is 2. The summed E-state index contributed by atoms with van der Waals surface area (Å²) in [5.74, 6) is -0.548. The van der Waals surface area contributed by atoms with Gasteiger partial charge in [0.05, 0.1) is 22.5 Å². The third-order valence-corrected chi connectivity index (χ3v) is 7.38. The average Bonchev–Trinajstić information content (AvgIpc) is 2.81. The molecule has 5 rings (SSSR count). The summed E-state index contributed by atoms with van der Waals surface area (Å²) in [7, 11) is 0. The lowest BCUT2D eigenvalue weighted by atomic mass is 9.59. The van der Waals surface area contributed by atoms with Crippen LogP contribution in [0.1, 0.15) is 88.7 Å². The molecule has 0 atom stereocenters. The van der Waals surface area contributed by atoms with Crippen molar-refractivity contribution in [3.8, 4) is 11.1 Å². The molecule has 1 saturated carbocycles. The number of Topliss-reactive ketones (excluding diaryl/α,β-unsaturated/α-hetero) is 1. The number of carbonyl (C=O) groups excluding carboxylic acids is 2. The Hall–Kier alpha value is -3.28. The molecule has 1 aromatic heterocycles. The average molecular weight is 478 g/mol. The van der Waals surface area contributed by atoms with Gasteiger partial charge >= 0.3 is 6.18 Å². The third-order valence-electron chi connectivity index (χ3n) is 7.38. The lowest BCUT2D eigenvalue weighted by molar-refractivity contribution is -0.137. The standard InChI is InChI=1S/C29H26F3NO2/c1-17(2)26-25(27(35)19-9-11-20(12-10-19)29(30,31)32)23(18-7-4-3-5-8-18)24-21(33-26)15-28(13-6-14-28)16-22(24)34/h3-5,7-12,17H,6,13-16H2,1-2H3. The maximum absolute atomic E-state index is 13.9. The zero-order chi connectivity index (χ0) is 25.0. The van der Waals surface area contributed by atoms with Crippen molar-refractivity contribution in [3.05, 3.63) is 88.2 Å². The van der Waals surface area contributed by atoms with E-state index in [-0.39, 0.29) is 22.7 Å². The summed E-state index contributed by atoms with van der Waals surface area (Å²) in [6.07, 6.45) is -0.223. The molecule has 3 aromatic rings. The number of halogens is 3. The maximum atomic E-state index is 13.9. The van der Waals surface area contributed by atoms with Gasteiger partial charge < -0.3 is 0 Å². The van der Waals surface area contributed by atoms with Crippen LogP contribution < -0.4 is 0 Å². The number of alkyl halides is 3. The Bertz CT molecular complexity index is 1300. The van der Waals surface area contributed by atoms with Gasteiger partial charge in [-0.15, -0.1) is 0 Å². The number of pyridine rings is 1. The van der Waals surface area contributed by atoms with Gasteiger partial charge in [0.2, 0.25) is 0 Å². The van der Waals surface area contributed by atoms with E-state index in [0.29, 0.717) is 35.2 Å². The van der Waals surface area contributed by atoms with E-state index in [0.717, 1.165) is 42.7 Å². The smallest absolute Gasteiger partial charge is 0.294 e. The minimum atomic E-state index is -4.49. The fraction of sp³-hybridized carbons (Fsp3) is 0.345.